The molecule has 2 heterocycles. The molecule has 0 atom stereocenters. The number of hydrogen-bond acceptors (Lipinski definition) is 11. The Morgan fingerprint density at radius 2 is 1.74 bits per heavy atom. The number of hydrogen-bond donors (Lipinski definition) is 1. The van der Waals surface area contributed by atoms with E-state index in [0.29, 0.717) is 27.5 Å². The molecule has 0 fully saturated rings. The van der Waals surface area contributed by atoms with E-state index in [-0.39, 0.29) is 29.0 Å². The predicted octanol–water partition coefficient (Wildman–Crippen LogP) is 1.96. The Hall–Kier alpha value is -2.40. The van der Waals surface area contributed by atoms with E-state index in [4.69, 9.17) is 19.9 Å². The van der Waals surface area contributed by atoms with Crippen LogP contribution in [-0.4, -0.2) is 53.4 Å². The van der Waals surface area contributed by atoms with Gasteiger partial charge in [0.1, 0.15) is 15.5 Å². The zero-order chi connectivity index (χ0) is 20.0. The number of esters is 3. The molecule has 2 rings (SSSR count). The van der Waals surface area contributed by atoms with Crippen molar-refractivity contribution in [2.75, 3.05) is 31.3 Å². The van der Waals surface area contributed by atoms with Crippen LogP contribution in [-0.2, 0) is 23.8 Å². The third kappa shape index (κ3) is 5.30. The molecule has 0 saturated carbocycles. The molecule has 11 heteroatoms. The van der Waals surface area contributed by atoms with Gasteiger partial charge in [-0.15, -0.1) is 11.3 Å². The summed E-state index contributed by atoms with van der Waals surface area (Å²) in [6.07, 6.45) is 0. The Morgan fingerprint density at radius 3 is 2.41 bits per heavy atom. The second-order valence-electron chi connectivity index (χ2n) is 5.10. The average molecular weight is 413 g/mol. The molecule has 0 bridgehead atoms. The van der Waals surface area contributed by atoms with Crippen LogP contribution < -0.4 is 5.73 Å². The van der Waals surface area contributed by atoms with Crippen molar-refractivity contribution >= 4 is 57.0 Å². The molecule has 0 aliphatic rings. The highest BCUT2D eigenvalue weighted by Crippen LogP contribution is 2.34. The Kier molecular flexibility index (Phi) is 7.36. The first-order valence-electron chi connectivity index (χ1n) is 8.05. The molecule has 146 valence electrons. The maximum Gasteiger partial charge on any atom is 0.349 e. The van der Waals surface area contributed by atoms with Crippen LogP contribution in [0.1, 0.15) is 29.1 Å². The molecule has 2 aromatic heterocycles. The van der Waals surface area contributed by atoms with Crippen LogP contribution in [0.3, 0.4) is 0 Å². The molecule has 0 radical (unpaired) electrons. The molecule has 0 spiro atoms. The summed E-state index contributed by atoms with van der Waals surface area (Å²) in [4.78, 5) is 44.3. The Labute approximate surface area is 163 Å². The second kappa shape index (κ2) is 9.51. The molecule has 0 saturated heterocycles. The van der Waals surface area contributed by atoms with Crippen molar-refractivity contribution in [3.8, 4) is 0 Å². The van der Waals surface area contributed by atoms with Gasteiger partial charge in [-0.3, -0.25) is 4.79 Å². The van der Waals surface area contributed by atoms with Crippen molar-refractivity contribution in [3.63, 3.8) is 0 Å². The number of fused-ring (bicyclic) bond motifs is 1. The van der Waals surface area contributed by atoms with Gasteiger partial charge in [-0.25, -0.2) is 19.6 Å². The minimum Gasteiger partial charge on any atom is -0.465 e. The summed E-state index contributed by atoms with van der Waals surface area (Å²) < 4.78 is 14.5. The Morgan fingerprint density at radius 1 is 1.07 bits per heavy atom. The minimum absolute atomic E-state index is 0.0532. The summed E-state index contributed by atoms with van der Waals surface area (Å²) in [5.74, 6) is -1.41. The lowest BCUT2D eigenvalue weighted by atomic mass is 10.2. The number of nitrogens with two attached hydrogens (primary N) is 1. The van der Waals surface area contributed by atoms with Crippen LogP contribution in [0, 0.1) is 6.92 Å². The van der Waals surface area contributed by atoms with Crippen LogP contribution >= 0.6 is 23.1 Å². The van der Waals surface area contributed by atoms with E-state index in [1.54, 1.807) is 20.8 Å². The number of nitrogens with zero attached hydrogens (tertiary/aromatic N) is 2. The van der Waals surface area contributed by atoms with Gasteiger partial charge < -0.3 is 19.9 Å². The van der Waals surface area contributed by atoms with Crippen molar-refractivity contribution in [1.82, 2.24) is 9.97 Å². The molecule has 2 N–H and O–H groups in total. The molecule has 0 unspecified atom stereocenters. The molecule has 0 aliphatic carbocycles. The molecule has 0 amide bonds. The van der Waals surface area contributed by atoms with Gasteiger partial charge in [-0.1, -0.05) is 11.8 Å². The molecule has 2 aromatic rings. The fraction of sp³-hybridized carbons (Fsp3) is 0.438. The Bertz CT molecular complexity index is 867. The number of carbonyl (C=O) groups excluding carboxylic acids is 3. The fourth-order valence-electron chi connectivity index (χ4n) is 2.13. The van der Waals surface area contributed by atoms with E-state index in [2.05, 4.69) is 9.97 Å². The maximum atomic E-state index is 12.3. The summed E-state index contributed by atoms with van der Waals surface area (Å²) in [7, 11) is 0. The van der Waals surface area contributed by atoms with Crippen molar-refractivity contribution in [2.45, 2.75) is 25.9 Å². The van der Waals surface area contributed by atoms with Crippen LogP contribution in [0.5, 0.6) is 0 Å². The highest BCUT2D eigenvalue weighted by molar-refractivity contribution is 7.99. The number of thiophene rings is 1. The normalized spacial score (nSPS) is 10.6. The minimum atomic E-state index is -0.663. The zero-order valence-electron chi connectivity index (χ0n) is 15.1. The summed E-state index contributed by atoms with van der Waals surface area (Å²) in [5, 5.41) is 0.851. The van der Waals surface area contributed by atoms with Gasteiger partial charge in [0.2, 0.25) is 0 Å². The predicted molar refractivity (Wildman–Crippen MR) is 101 cm³/mol. The van der Waals surface area contributed by atoms with E-state index in [1.807, 2.05) is 0 Å². The molecule has 0 aliphatic heterocycles. The van der Waals surface area contributed by atoms with Gasteiger partial charge in [-0.2, -0.15) is 0 Å². The topological polar surface area (TPSA) is 131 Å². The lowest BCUT2D eigenvalue weighted by Gasteiger charge is -2.04. The number of aromatic nitrogens is 2. The van der Waals surface area contributed by atoms with Crippen LogP contribution in [0.15, 0.2) is 5.16 Å². The first-order chi connectivity index (χ1) is 12.9. The lowest BCUT2D eigenvalue weighted by molar-refractivity contribution is -0.146. The average Bonchev–Trinajstić information content (AvgIpc) is 2.95. The van der Waals surface area contributed by atoms with E-state index < -0.39 is 18.5 Å². The van der Waals surface area contributed by atoms with Crippen LogP contribution in [0.25, 0.3) is 10.2 Å². The number of thioether (sulfide) groups is 1. The van der Waals surface area contributed by atoms with E-state index in [0.717, 1.165) is 23.1 Å². The highest BCUT2D eigenvalue weighted by Gasteiger charge is 2.22. The summed E-state index contributed by atoms with van der Waals surface area (Å²) in [6.45, 7) is 5.11. The lowest BCUT2D eigenvalue weighted by Crippen LogP contribution is -2.16. The molecular weight excluding hydrogens is 394 g/mol. The number of aryl methyl sites for hydroxylation is 1. The Balaban J connectivity index is 2.19. The summed E-state index contributed by atoms with van der Waals surface area (Å²) in [6, 6.07) is 0. The third-order valence-corrected chi connectivity index (χ3v) is 5.22. The quantitative estimate of drug-likeness (QED) is 0.296. The van der Waals surface area contributed by atoms with Gasteiger partial charge in [0.05, 0.1) is 24.4 Å². The number of anilines is 1. The first kappa shape index (κ1) is 20.9. The van der Waals surface area contributed by atoms with Crippen molar-refractivity contribution in [1.29, 1.82) is 0 Å². The highest BCUT2D eigenvalue weighted by atomic mass is 32.2. The molecule has 9 nitrogen and oxygen atoms in total. The smallest absolute Gasteiger partial charge is 0.349 e. The monoisotopic (exact) mass is 413 g/mol. The third-order valence-electron chi connectivity index (χ3n) is 3.23. The van der Waals surface area contributed by atoms with Crippen molar-refractivity contribution in [2.24, 2.45) is 0 Å². The van der Waals surface area contributed by atoms with Crippen LogP contribution in [0.4, 0.5) is 5.82 Å². The van der Waals surface area contributed by atoms with Gasteiger partial charge >= 0.3 is 17.9 Å². The SMILES string of the molecule is CCOC(=O)COC(=O)c1sc2nc(SCC(=O)OCC)nc(N)c2c1C. The van der Waals surface area contributed by atoms with E-state index >= 15 is 0 Å². The number of nitrogen functional groups attached to an aromatic ring is 1. The van der Waals surface area contributed by atoms with Crippen molar-refractivity contribution < 1.29 is 28.6 Å². The molecule has 0 aromatic carbocycles. The standard InChI is InChI=1S/C16H19N3O6S2/c1-4-23-9(20)6-25-15(22)12-8(3)11-13(17)18-16(19-14(11)27-12)26-7-10(21)24-5-2/h4-7H2,1-3H3,(H2,17,18,19). The number of ether oxygens (including phenoxy) is 3. The number of carbonyl (C=O) groups is 3. The molecule has 27 heavy (non-hydrogen) atoms. The number of rotatable bonds is 8. The fourth-order valence-corrected chi connectivity index (χ4v) is 3.92. The summed E-state index contributed by atoms with van der Waals surface area (Å²) in [5.41, 5.74) is 6.57. The van der Waals surface area contributed by atoms with Crippen LogP contribution in [0.2, 0.25) is 0 Å². The molecular formula is C16H19N3O6S2. The maximum absolute atomic E-state index is 12.3. The van der Waals surface area contributed by atoms with Gasteiger partial charge in [-0.05, 0) is 26.3 Å². The van der Waals surface area contributed by atoms with Gasteiger partial charge in [0, 0.05) is 0 Å². The largest absolute Gasteiger partial charge is 0.465 e. The summed E-state index contributed by atoms with van der Waals surface area (Å²) >= 11 is 2.18. The van der Waals surface area contributed by atoms with Gasteiger partial charge in [0.25, 0.3) is 0 Å². The van der Waals surface area contributed by atoms with Gasteiger partial charge in [0.15, 0.2) is 11.8 Å². The van der Waals surface area contributed by atoms with E-state index in [1.165, 1.54) is 0 Å². The van der Waals surface area contributed by atoms with E-state index in [9.17, 15) is 14.4 Å². The second-order valence-corrected chi connectivity index (χ2v) is 7.04. The van der Waals surface area contributed by atoms with Crippen molar-refractivity contribution in [3.05, 3.63) is 10.4 Å². The first-order valence-corrected chi connectivity index (χ1v) is 9.85. The zero-order valence-corrected chi connectivity index (χ0v) is 16.7.